The van der Waals surface area contributed by atoms with Gasteiger partial charge in [0.2, 0.25) is 0 Å². The summed E-state index contributed by atoms with van der Waals surface area (Å²) in [4.78, 5) is 12.5. The van der Waals surface area contributed by atoms with Crippen molar-refractivity contribution in [1.82, 2.24) is 0 Å². The van der Waals surface area contributed by atoms with Gasteiger partial charge in [0.25, 0.3) is 5.91 Å². The Hall–Kier alpha value is -1.92. The molecule has 1 N–H and O–H groups in total. The minimum atomic E-state index is -0.483. The number of nitrogens with zero attached hydrogens (tertiary/aromatic N) is 1. The number of amides is 1. The summed E-state index contributed by atoms with van der Waals surface area (Å²) in [5.74, 6) is 0.153. The van der Waals surface area contributed by atoms with Crippen LogP contribution in [-0.4, -0.2) is 5.91 Å². The number of ether oxygens (including phenoxy) is 1. The van der Waals surface area contributed by atoms with Crippen molar-refractivity contribution in [1.29, 1.82) is 5.26 Å². The van der Waals surface area contributed by atoms with E-state index < -0.39 is 5.91 Å². The summed E-state index contributed by atoms with van der Waals surface area (Å²) in [5, 5.41) is 12.2. The molecule has 0 aliphatic carbocycles. The van der Waals surface area contributed by atoms with Gasteiger partial charge in [-0.3, -0.25) is 4.79 Å². The summed E-state index contributed by atoms with van der Waals surface area (Å²) in [6, 6.07) is 20.6. The van der Waals surface area contributed by atoms with Gasteiger partial charge >= 0.3 is 0 Å². The normalized spacial score (nSPS) is 11.0. The molecule has 0 radical (unpaired) electrons. The molecule has 3 aromatic carbocycles. The summed E-state index contributed by atoms with van der Waals surface area (Å²) in [6.07, 6.45) is 1.53. The monoisotopic (exact) mass is 666 g/mol. The second kappa shape index (κ2) is 11.1. The van der Waals surface area contributed by atoms with Gasteiger partial charge in [-0.15, -0.1) is 0 Å². The third kappa shape index (κ3) is 6.78. The molecular formula is C23H14Br4N2O2. The fourth-order valence-electron chi connectivity index (χ4n) is 2.62. The summed E-state index contributed by atoms with van der Waals surface area (Å²) in [5.41, 5.74) is 2.29. The SMILES string of the molecule is N#C/C(=C/c1cc(Br)c(OCc2ccc(Br)cc2)c(Br)c1)C(=O)Nc1cccc(Br)c1. The Morgan fingerprint density at radius 2 is 1.65 bits per heavy atom. The van der Waals surface area contributed by atoms with E-state index in [0.717, 1.165) is 14.5 Å². The lowest BCUT2D eigenvalue weighted by atomic mass is 10.1. The number of hydrogen-bond acceptors (Lipinski definition) is 3. The number of nitriles is 1. The van der Waals surface area contributed by atoms with Crippen LogP contribution in [0.5, 0.6) is 5.75 Å². The fraction of sp³-hybridized carbons (Fsp3) is 0.0435. The van der Waals surface area contributed by atoms with Gasteiger partial charge in [0.15, 0.2) is 0 Å². The van der Waals surface area contributed by atoms with Crippen LogP contribution in [0.25, 0.3) is 6.08 Å². The smallest absolute Gasteiger partial charge is 0.266 e. The van der Waals surface area contributed by atoms with Crippen molar-refractivity contribution < 1.29 is 9.53 Å². The number of carbonyl (C=O) groups excluding carboxylic acids is 1. The summed E-state index contributed by atoms with van der Waals surface area (Å²) >= 11 is 13.8. The minimum Gasteiger partial charge on any atom is -0.487 e. The van der Waals surface area contributed by atoms with Gasteiger partial charge in [-0.2, -0.15) is 5.26 Å². The van der Waals surface area contributed by atoms with E-state index in [1.165, 1.54) is 6.08 Å². The number of halogens is 4. The molecule has 0 aliphatic heterocycles. The Labute approximate surface area is 213 Å². The molecule has 156 valence electrons. The maximum absolute atomic E-state index is 12.5. The number of anilines is 1. The summed E-state index contributed by atoms with van der Waals surface area (Å²) in [6.45, 7) is 0.401. The van der Waals surface area contributed by atoms with Crippen LogP contribution >= 0.6 is 63.7 Å². The Bertz CT molecular complexity index is 1160. The van der Waals surface area contributed by atoms with E-state index in [4.69, 9.17) is 4.74 Å². The van der Waals surface area contributed by atoms with Crippen LogP contribution in [0.3, 0.4) is 0 Å². The van der Waals surface area contributed by atoms with Crippen molar-refractivity contribution in [2.24, 2.45) is 0 Å². The highest BCUT2D eigenvalue weighted by molar-refractivity contribution is 9.11. The predicted molar refractivity (Wildman–Crippen MR) is 137 cm³/mol. The summed E-state index contributed by atoms with van der Waals surface area (Å²) in [7, 11) is 0. The molecule has 31 heavy (non-hydrogen) atoms. The van der Waals surface area contributed by atoms with Crippen molar-refractivity contribution in [3.05, 3.63) is 95.3 Å². The van der Waals surface area contributed by atoms with Crippen molar-refractivity contribution >= 4 is 81.4 Å². The van der Waals surface area contributed by atoms with Crippen LogP contribution in [0.15, 0.2) is 84.1 Å². The van der Waals surface area contributed by atoms with Crippen LogP contribution < -0.4 is 10.1 Å². The second-order valence-corrected chi connectivity index (χ2v) is 9.90. The van der Waals surface area contributed by atoms with Crippen LogP contribution in [0.2, 0.25) is 0 Å². The third-order valence-corrected chi connectivity index (χ3v) is 6.28. The zero-order chi connectivity index (χ0) is 22.4. The van der Waals surface area contributed by atoms with E-state index in [2.05, 4.69) is 69.0 Å². The molecule has 0 fully saturated rings. The third-order valence-electron chi connectivity index (χ3n) is 4.08. The molecule has 3 rings (SSSR count). The standard InChI is InChI=1S/C23H14Br4N2O2/c24-17-6-4-14(5-7-17)13-31-22-20(26)9-15(10-21(22)27)8-16(12-28)23(30)29-19-3-1-2-18(25)11-19/h1-11H,13H2,(H,29,30)/b16-8-. The highest BCUT2D eigenvalue weighted by Gasteiger charge is 2.13. The molecule has 0 aromatic heterocycles. The Morgan fingerprint density at radius 3 is 2.26 bits per heavy atom. The molecule has 0 saturated carbocycles. The number of benzene rings is 3. The molecule has 0 atom stereocenters. The quantitative estimate of drug-likeness (QED) is 0.215. The Balaban J connectivity index is 1.76. The average molecular weight is 670 g/mol. The summed E-state index contributed by atoms with van der Waals surface area (Å²) < 4.78 is 9.19. The molecule has 0 spiro atoms. The molecule has 3 aromatic rings. The second-order valence-electron chi connectivity index (χ2n) is 6.36. The minimum absolute atomic E-state index is 0.0118. The molecule has 0 aliphatic rings. The average Bonchev–Trinajstić information content (AvgIpc) is 2.72. The van der Waals surface area contributed by atoms with Gasteiger partial charge in [-0.05, 0) is 91.5 Å². The lowest BCUT2D eigenvalue weighted by molar-refractivity contribution is -0.112. The maximum atomic E-state index is 12.5. The first-order valence-corrected chi connectivity index (χ1v) is 12.1. The van der Waals surface area contributed by atoms with Crippen molar-refractivity contribution in [2.45, 2.75) is 6.61 Å². The zero-order valence-corrected chi connectivity index (χ0v) is 22.2. The zero-order valence-electron chi connectivity index (χ0n) is 15.8. The van der Waals surface area contributed by atoms with Gasteiger partial charge in [0, 0.05) is 14.6 Å². The lowest BCUT2D eigenvalue weighted by Crippen LogP contribution is -2.13. The number of carbonyl (C=O) groups is 1. The van der Waals surface area contributed by atoms with Gasteiger partial charge in [-0.1, -0.05) is 50.1 Å². The molecule has 4 nitrogen and oxygen atoms in total. The molecule has 1 amide bonds. The van der Waals surface area contributed by atoms with E-state index in [-0.39, 0.29) is 5.57 Å². The Morgan fingerprint density at radius 1 is 0.968 bits per heavy atom. The lowest BCUT2D eigenvalue weighted by Gasteiger charge is -2.12. The van der Waals surface area contributed by atoms with Crippen LogP contribution in [0.1, 0.15) is 11.1 Å². The van der Waals surface area contributed by atoms with E-state index in [1.54, 1.807) is 30.3 Å². The van der Waals surface area contributed by atoms with Gasteiger partial charge in [0.05, 0.1) is 8.95 Å². The highest BCUT2D eigenvalue weighted by Crippen LogP contribution is 2.36. The van der Waals surface area contributed by atoms with E-state index in [9.17, 15) is 10.1 Å². The molecule has 0 unspecified atom stereocenters. The molecule has 8 heteroatoms. The van der Waals surface area contributed by atoms with Gasteiger partial charge < -0.3 is 10.1 Å². The van der Waals surface area contributed by atoms with E-state index in [1.807, 2.05) is 36.4 Å². The van der Waals surface area contributed by atoms with Crippen molar-refractivity contribution in [3.63, 3.8) is 0 Å². The Kier molecular flexibility index (Phi) is 8.50. The van der Waals surface area contributed by atoms with Crippen LogP contribution in [0, 0.1) is 11.3 Å². The van der Waals surface area contributed by atoms with Crippen LogP contribution in [-0.2, 0) is 11.4 Å². The van der Waals surface area contributed by atoms with E-state index in [0.29, 0.717) is 32.6 Å². The molecular weight excluding hydrogens is 656 g/mol. The molecule has 0 saturated heterocycles. The molecule has 0 heterocycles. The first-order chi connectivity index (χ1) is 14.9. The number of hydrogen-bond donors (Lipinski definition) is 1. The van der Waals surface area contributed by atoms with E-state index >= 15 is 0 Å². The predicted octanol–water partition coefficient (Wildman–Crippen LogP) is 7.86. The number of nitrogens with one attached hydrogen (secondary N) is 1. The first kappa shape index (κ1) is 23.7. The largest absolute Gasteiger partial charge is 0.487 e. The highest BCUT2D eigenvalue weighted by atomic mass is 79.9. The fourth-order valence-corrected chi connectivity index (χ4v) is 4.73. The van der Waals surface area contributed by atoms with Crippen LogP contribution in [0.4, 0.5) is 5.69 Å². The first-order valence-electron chi connectivity index (χ1n) is 8.90. The topological polar surface area (TPSA) is 62.1 Å². The van der Waals surface area contributed by atoms with Gasteiger partial charge in [-0.25, -0.2) is 0 Å². The van der Waals surface area contributed by atoms with Gasteiger partial charge in [0.1, 0.15) is 24.0 Å². The van der Waals surface area contributed by atoms with Crippen molar-refractivity contribution in [2.75, 3.05) is 5.32 Å². The van der Waals surface area contributed by atoms with Crippen molar-refractivity contribution in [3.8, 4) is 11.8 Å². The number of rotatable bonds is 6. The maximum Gasteiger partial charge on any atom is 0.266 e. The molecule has 0 bridgehead atoms.